The van der Waals surface area contributed by atoms with E-state index in [-0.39, 0.29) is 18.8 Å². The number of carbonyl (C=O) groups is 1. The van der Waals surface area contributed by atoms with Gasteiger partial charge in [0, 0.05) is 24.8 Å². The molecular formula is C18H20N4O3. The van der Waals surface area contributed by atoms with Gasteiger partial charge in [-0.3, -0.25) is 4.90 Å². The molecule has 2 aromatic rings. The van der Waals surface area contributed by atoms with E-state index in [4.69, 9.17) is 9.47 Å². The van der Waals surface area contributed by atoms with Crippen LogP contribution in [0.3, 0.4) is 0 Å². The standard InChI is InChI=1S/C18H20N4O3/c1-21-8-14-7-19-17(20-16(14)11-21)25-15-9-22(10-15)18(23)24-12-13-5-3-2-4-6-13/h2-7,15H,8-12H2,1H3. The van der Waals surface area contributed by atoms with Crippen molar-refractivity contribution in [3.05, 3.63) is 53.3 Å². The van der Waals surface area contributed by atoms with Gasteiger partial charge in [0.05, 0.1) is 18.8 Å². The molecule has 0 spiro atoms. The molecule has 25 heavy (non-hydrogen) atoms. The molecule has 1 aromatic heterocycles. The van der Waals surface area contributed by atoms with Gasteiger partial charge in [0.1, 0.15) is 12.7 Å². The summed E-state index contributed by atoms with van der Waals surface area (Å²) < 4.78 is 11.1. The largest absolute Gasteiger partial charge is 0.456 e. The third kappa shape index (κ3) is 3.56. The normalized spacial score (nSPS) is 17.1. The second-order valence-corrected chi connectivity index (χ2v) is 6.48. The molecule has 0 aliphatic carbocycles. The Morgan fingerprint density at radius 2 is 2.04 bits per heavy atom. The second kappa shape index (κ2) is 6.68. The van der Waals surface area contributed by atoms with Gasteiger partial charge in [0.25, 0.3) is 0 Å². The van der Waals surface area contributed by atoms with Crippen LogP contribution >= 0.6 is 0 Å². The molecule has 0 N–H and O–H groups in total. The van der Waals surface area contributed by atoms with Crippen molar-refractivity contribution < 1.29 is 14.3 Å². The van der Waals surface area contributed by atoms with Crippen LogP contribution in [-0.2, 0) is 24.4 Å². The number of fused-ring (bicyclic) bond motifs is 1. The lowest BCUT2D eigenvalue weighted by atomic mass is 10.2. The molecule has 1 fully saturated rings. The van der Waals surface area contributed by atoms with E-state index in [1.807, 2.05) is 43.6 Å². The Morgan fingerprint density at radius 3 is 2.84 bits per heavy atom. The molecule has 1 aromatic carbocycles. The van der Waals surface area contributed by atoms with E-state index in [2.05, 4.69) is 14.9 Å². The minimum Gasteiger partial charge on any atom is -0.456 e. The lowest BCUT2D eigenvalue weighted by Crippen LogP contribution is -2.56. The van der Waals surface area contributed by atoms with Crippen molar-refractivity contribution in [1.82, 2.24) is 19.8 Å². The molecule has 0 unspecified atom stereocenters. The topological polar surface area (TPSA) is 67.8 Å². The summed E-state index contributed by atoms with van der Waals surface area (Å²) in [6.45, 7) is 2.96. The first kappa shape index (κ1) is 15.8. The Labute approximate surface area is 146 Å². The number of likely N-dealkylation sites (tertiary alicyclic amines) is 1. The second-order valence-electron chi connectivity index (χ2n) is 6.48. The molecule has 0 bridgehead atoms. The first-order chi connectivity index (χ1) is 12.2. The summed E-state index contributed by atoms with van der Waals surface area (Å²) in [5, 5.41) is 0. The fraction of sp³-hybridized carbons (Fsp3) is 0.389. The fourth-order valence-corrected chi connectivity index (χ4v) is 2.97. The molecule has 2 aliphatic heterocycles. The molecule has 130 valence electrons. The highest BCUT2D eigenvalue weighted by atomic mass is 16.6. The highest BCUT2D eigenvalue weighted by molar-refractivity contribution is 5.68. The zero-order valence-electron chi connectivity index (χ0n) is 14.1. The van der Waals surface area contributed by atoms with Crippen molar-refractivity contribution in [2.75, 3.05) is 20.1 Å². The van der Waals surface area contributed by atoms with Crippen LogP contribution in [0.4, 0.5) is 4.79 Å². The van der Waals surface area contributed by atoms with Crippen molar-refractivity contribution in [1.29, 1.82) is 0 Å². The highest BCUT2D eigenvalue weighted by Gasteiger charge is 2.34. The number of hydrogen-bond acceptors (Lipinski definition) is 6. The molecule has 0 saturated carbocycles. The molecular weight excluding hydrogens is 320 g/mol. The predicted molar refractivity (Wildman–Crippen MR) is 89.8 cm³/mol. The van der Waals surface area contributed by atoms with Gasteiger partial charge in [-0.15, -0.1) is 0 Å². The van der Waals surface area contributed by atoms with E-state index in [1.165, 1.54) is 0 Å². The molecule has 0 radical (unpaired) electrons. The number of amides is 1. The van der Waals surface area contributed by atoms with Crippen LogP contribution in [0.5, 0.6) is 6.01 Å². The van der Waals surface area contributed by atoms with Gasteiger partial charge in [-0.05, 0) is 12.6 Å². The number of aromatic nitrogens is 2. The summed E-state index contributed by atoms with van der Waals surface area (Å²) in [5.74, 6) is 0. The maximum Gasteiger partial charge on any atom is 0.410 e. The third-order valence-electron chi connectivity index (χ3n) is 4.38. The van der Waals surface area contributed by atoms with Gasteiger partial charge < -0.3 is 14.4 Å². The Hall–Kier alpha value is -2.67. The van der Waals surface area contributed by atoms with Gasteiger partial charge in [0.2, 0.25) is 0 Å². The maximum absolute atomic E-state index is 12.0. The Balaban J connectivity index is 1.24. The predicted octanol–water partition coefficient (Wildman–Crippen LogP) is 1.82. The average Bonchev–Trinajstić information content (AvgIpc) is 2.96. The lowest BCUT2D eigenvalue weighted by Gasteiger charge is -2.37. The smallest absolute Gasteiger partial charge is 0.410 e. The Bertz CT molecular complexity index is 762. The Kier molecular flexibility index (Phi) is 4.23. The number of nitrogens with zero attached hydrogens (tertiary/aromatic N) is 4. The van der Waals surface area contributed by atoms with Crippen molar-refractivity contribution in [3.8, 4) is 6.01 Å². The van der Waals surface area contributed by atoms with Crippen LogP contribution in [0.2, 0.25) is 0 Å². The first-order valence-corrected chi connectivity index (χ1v) is 8.33. The third-order valence-corrected chi connectivity index (χ3v) is 4.38. The lowest BCUT2D eigenvalue weighted by molar-refractivity contribution is 0.00457. The molecule has 1 saturated heterocycles. The van der Waals surface area contributed by atoms with Crippen LogP contribution in [0, 0.1) is 0 Å². The van der Waals surface area contributed by atoms with E-state index < -0.39 is 0 Å². The van der Waals surface area contributed by atoms with Crippen molar-refractivity contribution >= 4 is 6.09 Å². The molecule has 4 rings (SSSR count). The zero-order valence-corrected chi connectivity index (χ0v) is 14.1. The van der Waals surface area contributed by atoms with E-state index in [0.717, 1.165) is 29.9 Å². The summed E-state index contributed by atoms with van der Waals surface area (Å²) in [4.78, 5) is 24.5. The number of ether oxygens (including phenoxy) is 2. The van der Waals surface area contributed by atoms with Crippen LogP contribution in [0.25, 0.3) is 0 Å². The minimum absolute atomic E-state index is 0.0820. The van der Waals surface area contributed by atoms with E-state index >= 15 is 0 Å². The van der Waals surface area contributed by atoms with Gasteiger partial charge in [-0.2, -0.15) is 4.98 Å². The summed E-state index contributed by atoms with van der Waals surface area (Å²) in [7, 11) is 2.05. The van der Waals surface area contributed by atoms with Gasteiger partial charge in [-0.1, -0.05) is 30.3 Å². The van der Waals surface area contributed by atoms with Crippen molar-refractivity contribution in [2.24, 2.45) is 0 Å². The molecule has 1 amide bonds. The Morgan fingerprint density at radius 1 is 1.24 bits per heavy atom. The summed E-state index contributed by atoms with van der Waals surface area (Å²) in [6.07, 6.45) is 1.42. The van der Waals surface area contributed by atoms with E-state index in [1.54, 1.807) is 4.90 Å². The number of rotatable bonds is 4. The van der Waals surface area contributed by atoms with Crippen LogP contribution in [0.1, 0.15) is 16.8 Å². The van der Waals surface area contributed by atoms with Crippen molar-refractivity contribution in [2.45, 2.75) is 25.8 Å². The summed E-state index contributed by atoms with van der Waals surface area (Å²) in [5.41, 5.74) is 3.14. The SMILES string of the molecule is CN1Cc2cnc(OC3CN(C(=O)OCc4ccccc4)C3)nc2C1. The zero-order chi connectivity index (χ0) is 17.2. The molecule has 7 heteroatoms. The van der Waals surface area contributed by atoms with Gasteiger partial charge >= 0.3 is 12.1 Å². The quantitative estimate of drug-likeness (QED) is 0.846. The van der Waals surface area contributed by atoms with Crippen LogP contribution in [-0.4, -0.2) is 52.1 Å². The van der Waals surface area contributed by atoms with Crippen LogP contribution in [0.15, 0.2) is 36.5 Å². The van der Waals surface area contributed by atoms with Gasteiger partial charge in [-0.25, -0.2) is 9.78 Å². The summed E-state index contributed by atoms with van der Waals surface area (Å²) >= 11 is 0. The van der Waals surface area contributed by atoms with Crippen molar-refractivity contribution in [3.63, 3.8) is 0 Å². The van der Waals surface area contributed by atoms with E-state index in [9.17, 15) is 4.79 Å². The molecule has 2 aliphatic rings. The number of carbonyl (C=O) groups excluding carboxylic acids is 1. The maximum atomic E-state index is 12.0. The number of hydrogen-bond donors (Lipinski definition) is 0. The van der Waals surface area contributed by atoms with E-state index in [0.29, 0.717) is 19.1 Å². The molecule has 3 heterocycles. The van der Waals surface area contributed by atoms with Gasteiger partial charge in [0.15, 0.2) is 0 Å². The number of benzene rings is 1. The summed E-state index contributed by atoms with van der Waals surface area (Å²) in [6, 6.07) is 10.0. The first-order valence-electron chi connectivity index (χ1n) is 8.33. The molecule has 7 nitrogen and oxygen atoms in total. The highest BCUT2D eigenvalue weighted by Crippen LogP contribution is 2.22. The molecule has 0 atom stereocenters. The minimum atomic E-state index is -0.319. The van der Waals surface area contributed by atoms with Crippen LogP contribution < -0.4 is 4.74 Å². The fourth-order valence-electron chi connectivity index (χ4n) is 2.97. The average molecular weight is 340 g/mol. The monoisotopic (exact) mass is 340 g/mol.